The van der Waals surface area contributed by atoms with E-state index in [2.05, 4.69) is 26.0 Å². The van der Waals surface area contributed by atoms with Crippen LogP contribution in [0.15, 0.2) is 27.6 Å². The normalized spacial score (nSPS) is 15.0. The van der Waals surface area contributed by atoms with Crippen molar-refractivity contribution in [2.75, 3.05) is 13.2 Å². The minimum absolute atomic E-state index is 0.102. The summed E-state index contributed by atoms with van der Waals surface area (Å²) in [5.41, 5.74) is 0.293. The highest BCUT2D eigenvalue weighted by Gasteiger charge is 2.31. The molecular formula is C15H17BrN4O4S. The van der Waals surface area contributed by atoms with Gasteiger partial charge in [-0.2, -0.15) is 9.40 Å². The number of carbonyl (C=O) groups excluding carboxylic acids is 1. The fourth-order valence-corrected chi connectivity index (χ4v) is 5.06. The van der Waals surface area contributed by atoms with Crippen LogP contribution < -0.4 is 0 Å². The Balaban J connectivity index is 1.89. The molecule has 0 N–H and O–H groups in total. The van der Waals surface area contributed by atoms with E-state index in [-0.39, 0.29) is 18.0 Å². The molecule has 0 saturated carbocycles. The van der Waals surface area contributed by atoms with Crippen LogP contribution in [0.1, 0.15) is 28.9 Å². The summed E-state index contributed by atoms with van der Waals surface area (Å²) in [4.78, 5) is 16.1. The zero-order valence-electron chi connectivity index (χ0n) is 13.8. The van der Waals surface area contributed by atoms with Crippen molar-refractivity contribution < 1.29 is 17.9 Å². The van der Waals surface area contributed by atoms with Crippen LogP contribution in [0.5, 0.6) is 0 Å². The molecule has 0 saturated heterocycles. The van der Waals surface area contributed by atoms with Crippen LogP contribution in [-0.2, 0) is 27.8 Å². The third kappa shape index (κ3) is 3.46. The molecule has 0 spiro atoms. The molecule has 0 bridgehead atoms. The third-order valence-electron chi connectivity index (χ3n) is 3.79. The van der Waals surface area contributed by atoms with E-state index in [1.165, 1.54) is 22.5 Å². The Kier molecular flexibility index (Phi) is 4.94. The maximum absolute atomic E-state index is 13.0. The molecule has 2 heterocycles. The Bertz CT molecular complexity index is 926. The molecule has 8 nitrogen and oxygen atoms in total. The summed E-state index contributed by atoms with van der Waals surface area (Å²) in [6.07, 6.45) is 0. The number of benzene rings is 1. The molecule has 3 rings (SSSR count). The molecular weight excluding hydrogens is 412 g/mol. The second-order valence-electron chi connectivity index (χ2n) is 5.50. The van der Waals surface area contributed by atoms with Crippen molar-refractivity contribution in [3.63, 3.8) is 0 Å². The van der Waals surface area contributed by atoms with E-state index >= 15 is 0 Å². The van der Waals surface area contributed by atoms with Gasteiger partial charge in [0.25, 0.3) is 0 Å². The molecule has 10 heteroatoms. The van der Waals surface area contributed by atoms with Gasteiger partial charge in [0.05, 0.1) is 30.2 Å². The molecule has 0 radical (unpaired) electrons. The zero-order valence-corrected chi connectivity index (χ0v) is 16.2. The maximum atomic E-state index is 13.0. The number of nitrogens with zero attached hydrogens (tertiary/aromatic N) is 4. The monoisotopic (exact) mass is 428 g/mol. The fraction of sp³-hybridized carbons (Fsp3) is 0.400. The molecule has 134 valence electrons. The number of carbonyl (C=O) groups is 1. The van der Waals surface area contributed by atoms with Crippen molar-refractivity contribution in [2.24, 2.45) is 0 Å². The van der Waals surface area contributed by atoms with Crippen molar-refractivity contribution in [1.29, 1.82) is 0 Å². The van der Waals surface area contributed by atoms with Crippen molar-refractivity contribution >= 4 is 31.9 Å². The Morgan fingerprint density at radius 1 is 1.36 bits per heavy atom. The molecule has 1 aromatic heterocycles. The number of aromatic nitrogens is 3. The summed E-state index contributed by atoms with van der Waals surface area (Å²) in [6, 6.07) is 4.32. The number of ether oxygens (including phenoxy) is 1. The molecule has 0 atom stereocenters. The first-order chi connectivity index (χ1) is 11.8. The van der Waals surface area contributed by atoms with Gasteiger partial charge in [-0.3, -0.25) is 0 Å². The molecule has 25 heavy (non-hydrogen) atoms. The first-order valence-electron chi connectivity index (χ1n) is 7.70. The molecule has 2 aromatic rings. The summed E-state index contributed by atoms with van der Waals surface area (Å²) in [6.45, 7) is 4.66. The lowest BCUT2D eigenvalue weighted by molar-refractivity contribution is 0.0526. The van der Waals surface area contributed by atoms with Crippen molar-refractivity contribution in [1.82, 2.24) is 19.1 Å². The van der Waals surface area contributed by atoms with Gasteiger partial charge in [-0.15, -0.1) is 0 Å². The molecule has 1 aliphatic heterocycles. The first-order valence-corrected chi connectivity index (χ1v) is 9.93. The van der Waals surface area contributed by atoms with Gasteiger partial charge in [-0.05, 0) is 48.0 Å². The Labute approximate surface area is 154 Å². The van der Waals surface area contributed by atoms with E-state index < -0.39 is 16.0 Å². The standard InChI is InChI=1S/C15H17BrN4O4S/c1-3-24-15(21)11-4-5-13(12(16)8-11)25(22,23)19-6-7-20-14(9-19)17-10(2)18-20/h4-5,8H,3,6-7,9H2,1-2H3. The average Bonchev–Trinajstić information content (AvgIpc) is 2.93. The maximum Gasteiger partial charge on any atom is 0.338 e. The van der Waals surface area contributed by atoms with Gasteiger partial charge < -0.3 is 4.74 Å². The van der Waals surface area contributed by atoms with Crippen LogP contribution in [0.3, 0.4) is 0 Å². The van der Waals surface area contributed by atoms with Crippen LogP contribution in [0.2, 0.25) is 0 Å². The molecule has 0 amide bonds. The van der Waals surface area contributed by atoms with E-state index in [4.69, 9.17) is 4.74 Å². The van der Waals surface area contributed by atoms with E-state index in [9.17, 15) is 13.2 Å². The predicted molar refractivity (Wildman–Crippen MR) is 92.5 cm³/mol. The summed E-state index contributed by atoms with van der Waals surface area (Å²) in [5.74, 6) is 0.745. The van der Waals surface area contributed by atoms with Crippen LogP contribution in [-0.4, -0.2) is 46.6 Å². The topological polar surface area (TPSA) is 94.4 Å². The second-order valence-corrected chi connectivity index (χ2v) is 8.26. The quantitative estimate of drug-likeness (QED) is 0.688. The lowest BCUT2D eigenvalue weighted by Gasteiger charge is -2.26. The van der Waals surface area contributed by atoms with Gasteiger partial charge in [0.2, 0.25) is 10.0 Å². The van der Waals surface area contributed by atoms with E-state index in [1.807, 2.05) is 0 Å². The summed E-state index contributed by atoms with van der Waals surface area (Å²) in [5, 5.41) is 4.23. The highest BCUT2D eigenvalue weighted by molar-refractivity contribution is 9.10. The minimum Gasteiger partial charge on any atom is -0.462 e. The fourth-order valence-electron chi connectivity index (χ4n) is 2.63. The van der Waals surface area contributed by atoms with Crippen LogP contribution in [0, 0.1) is 6.92 Å². The molecule has 0 fully saturated rings. The van der Waals surface area contributed by atoms with Gasteiger partial charge in [-0.1, -0.05) is 0 Å². The van der Waals surface area contributed by atoms with Gasteiger partial charge in [0.15, 0.2) is 0 Å². The van der Waals surface area contributed by atoms with E-state index in [0.717, 1.165) is 0 Å². The highest BCUT2D eigenvalue weighted by atomic mass is 79.9. The van der Waals surface area contributed by atoms with Crippen LogP contribution in [0.4, 0.5) is 0 Å². The van der Waals surface area contributed by atoms with Gasteiger partial charge >= 0.3 is 5.97 Å². The summed E-state index contributed by atoms with van der Waals surface area (Å²) in [7, 11) is -3.73. The molecule has 0 aliphatic carbocycles. The van der Waals surface area contributed by atoms with Crippen molar-refractivity contribution in [3.05, 3.63) is 39.9 Å². The number of aryl methyl sites for hydroxylation is 1. The second kappa shape index (κ2) is 6.85. The highest BCUT2D eigenvalue weighted by Crippen LogP contribution is 2.28. The average molecular weight is 429 g/mol. The van der Waals surface area contributed by atoms with Crippen LogP contribution >= 0.6 is 15.9 Å². The number of halogens is 1. The van der Waals surface area contributed by atoms with E-state index in [0.29, 0.717) is 34.8 Å². The third-order valence-corrected chi connectivity index (χ3v) is 6.62. The SMILES string of the molecule is CCOC(=O)c1ccc(S(=O)(=O)N2CCn3nc(C)nc3C2)c(Br)c1. The number of esters is 1. The first kappa shape index (κ1) is 18.0. The largest absolute Gasteiger partial charge is 0.462 e. The molecule has 0 unspecified atom stereocenters. The summed E-state index contributed by atoms with van der Waals surface area (Å²) >= 11 is 3.26. The summed E-state index contributed by atoms with van der Waals surface area (Å²) < 4.78 is 34.2. The zero-order chi connectivity index (χ0) is 18.2. The van der Waals surface area contributed by atoms with Crippen molar-refractivity contribution in [3.8, 4) is 0 Å². The number of rotatable bonds is 4. The lowest BCUT2D eigenvalue weighted by atomic mass is 10.2. The molecule has 1 aliphatic rings. The smallest absolute Gasteiger partial charge is 0.338 e. The lowest BCUT2D eigenvalue weighted by Crippen LogP contribution is -2.38. The van der Waals surface area contributed by atoms with Crippen molar-refractivity contribution in [2.45, 2.75) is 31.8 Å². The minimum atomic E-state index is -3.73. The molecule has 1 aromatic carbocycles. The van der Waals surface area contributed by atoms with Gasteiger partial charge in [-0.25, -0.2) is 22.9 Å². The van der Waals surface area contributed by atoms with Gasteiger partial charge in [0, 0.05) is 11.0 Å². The Morgan fingerprint density at radius 2 is 2.12 bits per heavy atom. The number of hydrogen-bond donors (Lipinski definition) is 0. The Morgan fingerprint density at radius 3 is 2.80 bits per heavy atom. The number of fused-ring (bicyclic) bond motifs is 1. The predicted octanol–water partition coefficient (Wildman–Crippen LogP) is 1.73. The number of hydrogen-bond acceptors (Lipinski definition) is 6. The van der Waals surface area contributed by atoms with E-state index in [1.54, 1.807) is 18.5 Å². The van der Waals surface area contributed by atoms with Crippen LogP contribution in [0.25, 0.3) is 0 Å². The van der Waals surface area contributed by atoms with Gasteiger partial charge in [0.1, 0.15) is 11.6 Å². The number of sulfonamides is 1. The Hall–Kier alpha value is -1.78.